The lowest BCUT2D eigenvalue weighted by Crippen LogP contribution is -2.45. The molecule has 1 fully saturated rings. The third-order valence-electron chi connectivity index (χ3n) is 3.10. The number of carboxylic acid groups (broad SMARTS) is 1. The summed E-state index contributed by atoms with van der Waals surface area (Å²) in [5, 5.41) is 11.0. The molecule has 0 radical (unpaired) electrons. The van der Waals surface area contributed by atoms with Gasteiger partial charge in [-0.1, -0.05) is 12.1 Å². The summed E-state index contributed by atoms with van der Waals surface area (Å²) in [6.07, 6.45) is 0.691. The van der Waals surface area contributed by atoms with E-state index in [-0.39, 0.29) is 11.9 Å². The first-order valence-corrected chi connectivity index (χ1v) is 5.95. The average Bonchev–Trinajstić information content (AvgIpc) is 2.27. The predicted octanol–water partition coefficient (Wildman–Crippen LogP) is 2.39. The van der Waals surface area contributed by atoms with Gasteiger partial charge in [0.05, 0.1) is 6.61 Å². The van der Waals surface area contributed by atoms with Crippen molar-refractivity contribution < 1.29 is 19.0 Å². The van der Waals surface area contributed by atoms with Crippen molar-refractivity contribution in [2.24, 2.45) is 5.92 Å². The third-order valence-corrected chi connectivity index (χ3v) is 3.10. The Morgan fingerprint density at radius 3 is 2.67 bits per heavy atom. The van der Waals surface area contributed by atoms with E-state index in [1.165, 1.54) is 12.1 Å². The highest BCUT2D eigenvalue weighted by molar-refractivity contribution is 5.65. The van der Waals surface area contributed by atoms with E-state index in [9.17, 15) is 9.18 Å². The standard InChI is InChI=1S/C13H16FNO3/c14-11-3-1-9(2-4-11)7-18-8-10-5-12(6-10)15-13(16)17/h1-4,10,12,15H,5-8H2,(H,16,17). The SMILES string of the molecule is O=C(O)NC1CC(COCc2ccc(F)cc2)C1. The molecule has 1 amide bonds. The van der Waals surface area contributed by atoms with E-state index in [2.05, 4.69) is 5.32 Å². The van der Waals surface area contributed by atoms with E-state index < -0.39 is 6.09 Å². The van der Waals surface area contributed by atoms with Gasteiger partial charge < -0.3 is 15.2 Å². The van der Waals surface area contributed by atoms with Crippen molar-refractivity contribution in [1.82, 2.24) is 5.32 Å². The van der Waals surface area contributed by atoms with Crippen LogP contribution in [0.1, 0.15) is 18.4 Å². The molecule has 0 unspecified atom stereocenters. The van der Waals surface area contributed by atoms with Crippen LogP contribution in [0.25, 0.3) is 0 Å². The normalized spacial score (nSPS) is 22.3. The summed E-state index contributed by atoms with van der Waals surface area (Å²) < 4.78 is 18.2. The highest BCUT2D eigenvalue weighted by Crippen LogP contribution is 2.27. The molecule has 0 aliphatic heterocycles. The molecule has 0 aromatic heterocycles. The van der Waals surface area contributed by atoms with Crippen molar-refractivity contribution >= 4 is 6.09 Å². The number of hydrogen-bond donors (Lipinski definition) is 2. The first kappa shape index (κ1) is 12.8. The highest BCUT2D eigenvalue weighted by Gasteiger charge is 2.30. The van der Waals surface area contributed by atoms with Crippen LogP contribution in [0.3, 0.4) is 0 Å². The molecule has 0 saturated heterocycles. The first-order valence-electron chi connectivity index (χ1n) is 5.95. The van der Waals surface area contributed by atoms with Gasteiger partial charge in [-0.05, 0) is 36.5 Å². The fraction of sp³-hybridized carbons (Fsp3) is 0.462. The zero-order valence-corrected chi connectivity index (χ0v) is 9.93. The van der Waals surface area contributed by atoms with Crippen LogP contribution in [0.5, 0.6) is 0 Å². The Bertz CT molecular complexity index is 401. The molecule has 1 aliphatic rings. The topological polar surface area (TPSA) is 58.6 Å². The van der Waals surface area contributed by atoms with Crippen molar-refractivity contribution in [3.63, 3.8) is 0 Å². The maximum Gasteiger partial charge on any atom is 0.404 e. The largest absolute Gasteiger partial charge is 0.465 e. The molecule has 1 saturated carbocycles. The van der Waals surface area contributed by atoms with Crippen LogP contribution in [0, 0.1) is 11.7 Å². The van der Waals surface area contributed by atoms with Crippen LogP contribution >= 0.6 is 0 Å². The van der Waals surface area contributed by atoms with E-state index in [1.807, 2.05) is 0 Å². The molecular weight excluding hydrogens is 237 g/mol. The second-order valence-corrected chi connectivity index (χ2v) is 4.63. The second-order valence-electron chi connectivity index (χ2n) is 4.63. The zero-order valence-electron chi connectivity index (χ0n) is 9.93. The summed E-state index contributed by atoms with van der Waals surface area (Å²) in [4.78, 5) is 10.4. The van der Waals surface area contributed by atoms with Crippen LogP contribution in [0.4, 0.5) is 9.18 Å². The predicted molar refractivity (Wildman–Crippen MR) is 63.7 cm³/mol. The minimum Gasteiger partial charge on any atom is -0.465 e. The first-order chi connectivity index (χ1) is 8.63. The fourth-order valence-electron chi connectivity index (χ4n) is 2.09. The van der Waals surface area contributed by atoms with Crippen molar-refractivity contribution in [3.05, 3.63) is 35.6 Å². The molecule has 1 aliphatic carbocycles. The maximum atomic E-state index is 12.7. The number of rotatable bonds is 5. The van der Waals surface area contributed by atoms with Crippen molar-refractivity contribution in [1.29, 1.82) is 0 Å². The van der Waals surface area contributed by atoms with E-state index in [1.54, 1.807) is 12.1 Å². The van der Waals surface area contributed by atoms with Crippen LogP contribution in [0.2, 0.25) is 0 Å². The molecule has 0 spiro atoms. The Hall–Kier alpha value is -1.62. The number of benzene rings is 1. The Morgan fingerprint density at radius 2 is 2.06 bits per heavy atom. The summed E-state index contributed by atoms with van der Waals surface area (Å²) in [5.74, 6) is 0.169. The number of ether oxygens (including phenoxy) is 1. The Kier molecular flexibility index (Phi) is 4.15. The zero-order chi connectivity index (χ0) is 13.0. The highest BCUT2D eigenvalue weighted by atomic mass is 19.1. The number of carbonyl (C=O) groups is 1. The molecule has 4 nitrogen and oxygen atoms in total. The molecule has 98 valence electrons. The number of hydrogen-bond acceptors (Lipinski definition) is 2. The van der Waals surface area contributed by atoms with Gasteiger partial charge in [-0.3, -0.25) is 0 Å². The van der Waals surface area contributed by atoms with Crippen LogP contribution in [0.15, 0.2) is 24.3 Å². The van der Waals surface area contributed by atoms with Crippen LogP contribution < -0.4 is 5.32 Å². The molecule has 1 aromatic carbocycles. The number of amides is 1. The van der Waals surface area contributed by atoms with Gasteiger partial charge in [-0.15, -0.1) is 0 Å². The van der Waals surface area contributed by atoms with Gasteiger partial charge in [-0.25, -0.2) is 9.18 Å². The Labute approximate surface area is 105 Å². The number of halogens is 1. The smallest absolute Gasteiger partial charge is 0.404 e. The minimum atomic E-state index is -0.967. The van der Waals surface area contributed by atoms with Gasteiger partial charge in [0.25, 0.3) is 0 Å². The summed E-state index contributed by atoms with van der Waals surface area (Å²) in [7, 11) is 0. The van der Waals surface area contributed by atoms with Gasteiger partial charge in [0.15, 0.2) is 0 Å². The van der Waals surface area contributed by atoms with E-state index >= 15 is 0 Å². The molecule has 0 atom stereocenters. The molecule has 1 aromatic rings. The lowest BCUT2D eigenvalue weighted by atomic mass is 9.81. The van der Waals surface area contributed by atoms with Crippen molar-refractivity contribution in [2.45, 2.75) is 25.5 Å². The fourth-order valence-corrected chi connectivity index (χ4v) is 2.09. The molecule has 0 bridgehead atoms. The third kappa shape index (κ3) is 3.70. The summed E-state index contributed by atoms with van der Waals surface area (Å²) >= 11 is 0. The van der Waals surface area contributed by atoms with E-state index in [0.717, 1.165) is 18.4 Å². The van der Waals surface area contributed by atoms with Crippen LogP contribution in [-0.2, 0) is 11.3 Å². The number of nitrogens with one attached hydrogen (secondary N) is 1. The molecule has 18 heavy (non-hydrogen) atoms. The second kappa shape index (κ2) is 5.82. The molecule has 2 N–H and O–H groups in total. The van der Waals surface area contributed by atoms with E-state index in [0.29, 0.717) is 19.1 Å². The molecule has 5 heteroatoms. The Morgan fingerprint density at radius 1 is 1.39 bits per heavy atom. The van der Waals surface area contributed by atoms with Gasteiger partial charge in [0.2, 0.25) is 0 Å². The molecule has 2 rings (SSSR count). The molecule has 0 heterocycles. The monoisotopic (exact) mass is 253 g/mol. The van der Waals surface area contributed by atoms with E-state index in [4.69, 9.17) is 9.84 Å². The van der Waals surface area contributed by atoms with Gasteiger partial charge >= 0.3 is 6.09 Å². The lowest BCUT2D eigenvalue weighted by molar-refractivity contribution is 0.0453. The average molecular weight is 253 g/mol. The summed E-state index contributed by atoms with van der Waals surface area (Å²) in [6.45, 7) is 1.09. The maximum absolute atomic E-state index is 12.7. The van der Waals surface area contributed by atoms with Crippen LogP contribution in [-0.4, -0.2) is 23.8 Å². The Balaban J connectivity index is 1.60. The molecular formula is C13H16FNO3. The minimum absolute atomic E-state index is 0.0712. The van der Waals surface area contributed by atoms with Gasteiger partial charge in [0.1, 0.15) is 5.82 Å². The van der Waals surface area contributed by atoms with Crippen molar-refractivity contribution in [3.8, 4) is 0 Å². The van der Waals surface area contributed by atoms with Crippen molar-refractivity contribution in [2.75, 3.05) is 6.61 Å². The van der Waals surface area contributed by atoms with Gasteiger partial charge in [0, 0.05) is 12.6 Å². The quantitative estimate of drug-likeness (QED) is 0.847. The summed E-state index contributed by atoms with van der Waals surface area (Å²) in [5.41, 5.74) is 0.941. The summed E-state index contributed by atoms with van der Waals surface area (Å²) in [6, 6.07) is 6.29. The lowest BCUT2D eigenvalue weighted by Gasteiger charge is -2.34. The van der Waals surface area contributed by atoms with Gasteiger partial charge in [-0.2, -0.15) is 0 Å².